The summed E-state index contributed by atoms with van der Waals surface area (Å²) < 4.78 is 14.6. The number of fused-ring (bicyclic) bond motifs is 2. The number of benzene rings is 5. The van der Waals surface area contributed by atoms with E-state index in [1.54, 1.807) is 35.6 Å². The normalized spacial score (nSPS) is 11.3. The van der Waals surface area contributed by atoms with E-state index >= 15 is 0 Å². The number of aromatic hydroxyl groups is 1. The van der Waals surface area contributed by atoms with Gasteiger partial charge in [-0.15, -0.1) is 11.3 Å². The summed E-state index contributed by atoms with van der Waals surface area (Å²) >= 11 is 1.55. The lowest BCUT2D eigenvalue weighted by molar-refractivity contribution is 0.477. The fourth-order valence-electron chi connectivity index (χ4n) is 4.27. The summed E-state index contributed by atoms with van der Waals surface area (Å²) in [6, 6.07) is 32.6. The maximum absolute atomic E-state index is 13.6. The molecule has 5 aromatic carbocycles. The van der Waals surface area contributed by atoms with Crippen molar-refractivity contribution in [3.8, 4) is 38.6 Å². The molecule has 0 spiro atoms. The SMILES string of the molecule is Oc1ccccc1-c1nc2c(-c3cccc4ccccc34)cc(-c3ccc(F)cc3)cc2s1. The van der Waals surface area contributed by atoms with Gasteiger partial charge in [-0.1, -0.05) is 66.7 Å². The minimum atomic E-state index is -0.256. The first-order valence-electron chi connectivity index (χ1n) is 10.6. The van der Waals surface area contributed by atoms with Gasteiger partial charge in [-0.3, -0.25) is 0 Å². The number of phenols is 1. The zero-order valence-corrected chi connectivity index (χ0v) is 18.3. The van der Waals surface area contributed by atoms with Crippen LogP contribution >= 0.6 is 11.3 Å². The van der Waals surface area contributed by atoms with E-state index in [2.05, 4.69) is 42.5 Å². The lowest BCUT2D eigenvalue weighted by Crippen LogP contribution is -1.87. The molecule has 1 aromatic heterocycles. The number of para-hydroxylation sites is 1. The number of rotatable bonds is 3. The van der Waals surface area contributed by atoms with Crippen LogP contribution in [-0.4, -0.2) is 10.1 Å². The van der Waals surface area contributed by atoms with Crippen LogP contribution < -0.4 is 0 Å². The molecule has 1 heterocycles. The molecule has 158 valence electrons. The van der Waals surface area contributed by atoms with Crippen LogP contribution in [0.5, 0.6) is 5.75 Å². The predicted molar refractivity (Wildman–Crippen MR) is 135 cm³/mol. The minimum Gasteiger partial charge on any atom is -0.507 e. The molecule has 6 rings (SSSR count). The first-order chi connectivity index (χ1) is 16.2. The Hall–Kier alpha value is -4.02. The molecule has 33 heavy (non-hydrogen) atoms. The molecule has 4 heteroatoms. The zero-order valence-electron chi connectivity index (χ0n) is 17.5. The zero-order chi connectivity index (χ0) is 22.4. The molecule has 0 fully saturated rings. The van der Waals surface area contributed by atoms with Crippen molar-refractivity contribution in [1.29, 1.82) is 0 Å². The van der Waals surface area contributed by atoms with Crippen molar-refractivity contribution in [3.63, 3.8) is 0 Å². The van der Waals surface area contributed by atoms with Crippen LogP contribution in [0.4, 0.5) is 4.39 Å². The minimum absolute atomic E-state index is 0.210. The Morgan fingerprint density at radius 3 is 2.24 bits per heavy atom. The summed E-state index contributed by atoms with van der Waals surface area (Å²) in [5, 5.41) is 13.5. The Kier molecular flexibility index (Phi) is 4.67. The fraction of sp³-hybridized carbons (Fsp3) is 0. The fourth-order valence-corrected chi connectivity index (χ4v) is 5.34. The van der Waals surface area contributed by atoms with E-state index in [1.165, 1.54) is 12.1 Å². The summed E-state index contributed by atoms with van der Waals surface area (Å²) in [7, 11) is 0. The van der Waals surface area contributed by atoms with Gasteiger partial charge in [-0.2, -0.15) is 0 Å². The smallest absolute Gasteiger partial charge is 0.128 e. The van der Waals surface area contributed by atoms with Crippen LogP contribution in [0.25, 0.3) is 53.8 Å². The van der Waals surface area contributed by atoms with Gasteiger partial charge in [0.2, 0.25) is 0 Å². The van der Waals surface area contributed by atoms with Gasteiger partial charge in [0.25, 0.3) is 0 Å². The highest BCUT2D eigenvalue weighted by molar-refractivity contribution is 7.21. The van der Waals surface area contributed by atoms with Gasteiger partial charge in [0, 0.05) is 5.56 Å². The lowest BCUT2D eigenvalue weighted by Gasteiger charge is -2.11. The maximum atomic E-state index is 13.6. The van der Waals surface area contributed by atoms with Crippen molar-refractivity contribution >= 4 is 32.3 Å². The van der Waals surface area contributed by atoms with Gasteiger partial charge in [0.05, 0.1) is 15.8 Å². The molecule has 0 saturated heterocycles. The van der Waals surface area contributed by atoms with E-state index in [0.717, 1.165) is 48.3 Å². The molecule has 0 bridgehead atoms. The second-order valence-corrected chi connectivity index (χ2v) is 8.97. The van der Waals surface area contributed by atoms with E-state index in [4.69, 9.17) is 4.98 Å². The van der Waals surface area contributed by atoms with Crippen LogP contribution in [0.1, 0.15) is 0 Å². The summed E-state index contributed by atoms with van der Waals surface area (Å²) in [6.45, 7) is 0. The Morgan fingerprint density at radius 2 is 1.39 bits per heavy atom. The third-order valence-electron chi connectivity index (χ3n) is 5.89. The number of halogens is 1. The highest BCUT2D eigenvalue weighted by Gasteiger charge is 2.17. The molecule has 0 aliphatic carbocycles. The van der Waals surface area contributed by atoms with E-state index < -0.39 is 0 Å². The first kappa shape index (κ1) is 19.6. The van der Waals surface area contributed by atoms with E-state index in [0.29, 0.717) is 5.56 Å². The number of nitrogens with zero attached hydrogens (tertiary/aromatic N) is 1. The number of hydrogen-bond donors (Lipinski definition) is 1. The maximum Gasteiger partial charge on any atom is 0.128 e. The average Bonchev–Trinajstić information content (AvgIpc) is 3.28. The standard InChI is InChI=1S/C29H18FNOS/c30-21-14-12-18(13-15-21)20-16-25(23-10-5-7-19-6-1-2-8-22(19)23)28-27(17-20)33-29(31-28)24-9-3-4-11-26(24)32/h1-17,32H. The molecule has 0 unspecified atom stereocenters. The number of aromatic nitrogens is 1. The summed E-state index contributed by atoms with van der Waals surface area (Å²) in [5.74, 6) is -0.0456. The quantitative estimate of drug-likeness (QED) is 0.296. The van der Waals surface area contributed by atoms with Crippen molar-refractivity contribution in [3.05, 3.63) is 109 Å². The van der Waals surface area contributed by atoms with Gasteiger partial charge in [0.1, 0.15) is 16.6 Å². The van der Waals surface area contributed by atoms with Crippen LogP contribution in [0, 0.1) is 5.82 Å². The molecule has 2 nitrogen and oxygen atoms in total. The molecule has 1 N–H and O–H groups in total. The largest absolute Gasteiger partial charge is 0.507 e. The second kappa shape index (κ2) is 7.84. The van der Waals surface area contributed by atoms with Gasteiger partial charge >= 0.3 is 0 Å². The summed E-state index contributed by atoms with van der Waals surface area (Å²) in [6.07, 6.45) is 0. The van der Waals surface area contributed by atoms with E-state index in [-0.39, 0.29) is 11.6 Å². The van der Waals surface area contributed by atoms with Gasteiger partial charge < -0.3 is 5.11 Å². The third-order valence-corrected chi connectivity index (χ3v) is 6.92. The van der Waals surface area contributed by atoms with E-state index in [9.17, 15) is 9.50 Å². The molecule has 0 aliphatic rings. The molecule has 0 radical (unpaired) electrons. The van der Waals surface area contributed by atoms with Crippen molar-refractivity contribution in [2.45, 2.75) is 0 Å². The Labute approximate surface area is 194 Å². The van der Waals surface area contributed by atoms with E-state index in [1.807, 2.05) is 24.3 Å². The van der Waals surface area contributed by atoms with Crippen LogP contribution in [-0.2, 0) is 0 Å². The van der Waals surface area contributed by atoms with Gasteiger partial charge in [0.15, 0.2) is 0 Å². The van der Waals surface area contributed by atoms with Crippen LogP contribution in [0.15, 0.2) is 103 Å². The van der Waals surface area contributed by atoms with Crippen LogP contribution in [0.3, 0.4) is 0 Å². The molecule has 0 aliphatic heterocycles. The monoisotopic (exact) mass is 447 g/mol. The first-order valence-corrected chi connectivity index (χ1v) is 11.5. The molecule has 6 aromatic rings. The third kappa shape index (κ3) is 3.45. The number of phenolic OH excluding ortho intramolecular Hbond substituents is 1. The summed E-state index contributed by atoms with van der Waals surface area (Å²) in [4.78, 5) is 4.97. The molecular formula is C29H18FNOS. The highest BCUT2D eigenvalue weighted by atomic mass is 32.1. The van der Waals surface area contributed by atoms with Crippen LogP contribution in [0.2, 0.25) is 0 Å². The molecule has 0 amide bonds. The Balaban J connectivity index is 1.66. The topological polar surface area (TPSA) is 33.1 Å². The average molecular weight is 448 g/mol. The van der Waals surface area contributed by atoms with Crippen molar-refractivity contribution < 1.29 is 9.50 Å². The van der Waals surface area contributed by atoms with Crippen molar-refractivity contribution in [2.24, 2.45) is 0 Å². The van der Waals surface area contributed by atoms with Gasteiger partial charge in [-0.25, -0.2) is 9.37 Å². The van der Waals surface area contributed by atoms with Crippen molar-refractivity contribution in [1.82, 2.24) is 4.98 Å². The number of thiazole rings is 1. The Bertz CT molecular complexity index is 1630. The van der Waals surface area contributed by atoms with Crippen molar-refractivity contribution in [2.75, 3.05) is 0 Å². The summed E-state index contributed by atoms with van der Waals surface area (Å²) in [5.41, 5.74) is 5.65. The molecule has 0 atom stereocenters. The predicted octanol–water partition coefficient (Wildman–Crippen LogP) is 8.30. The lowest BCUT2D eigenvalue weighted by atomic mass is 9.94. The highest BCUT2D eigenvalue weighted by Crippen LogP contribution is 2.42. The Morgan fingerprint density at radius 1 is 0.667 bits per heavy atom. The van der Waals surface area contributed by atoms with Gasteiger partial charge in [-0.05, 0) is 63.9 Å². The number of hydrogen-bond acceptors (Lipinski definition) is 3. The molecular weight excluding hydrogens is 429 g/mol. The second-order valence-electron chi connectivity index (χ2n) is 7.94. The molecule has 0 saturated carbocycles.